The van der Waals surface area contributed by atoms with Gasteiger partial charge in [0, 0.05) is 18.3 Å². The predicted molar refractivity (Wildman–Crippen MR) is 78.1 cm³/mol. The number of benzene rings is 1. The quantitative estimate of drug-likeness (QED) is 0.758. The van der Waals surface area contributed by atoms with Gasteiger partial charge in [0.25, 0.3) is 5.91 Å². The van der Waals surface area contributed by atoms with Crippen LogP contribution in [0.2, 0.25) is 0 Å². The van der Waals surface area contributed by atoms with E-state index in [-0.39, 0.29) is 6.04 Å². The van der Waals surface area contributed by atoms with E-state index in [1.165, 1.54) is 25.7 Å². The van der Waals surface area contributed by atoms with Crippen molar-refractivity contribution < 1.29 is 4.79 Å². The van der Waals surface area contributed by atoms with Gasteiger partial charge in [-0.25, -0.2) is 0 Å². The van der Waals surface area contributed by atoms with Crippen molar-refractivity contribution in [2.45, 2.75) is 38.6 Å². The molecule has 0 aliphatic heterocycles. The molecule has 1 atom stereocenters. The van der Waals surface area contributed by atoms with Gasteiger partial charge in [-0.2, -0.15) is 0 Å². The molecule has 1 amide bonds. The van der Waals surface area contributed by atoms with Crippen LogP contribution in [0, 0.1) is 12.8 Å². The summed E-state index contributed by atoms with van der Waals surface area (Å²) in [7, 11) is 0. The molecule has 1 unspecified atom stereocenters. The summed E-state index contributed by atoms with van der Waals surface area (Å²) in [5.41, 5.74) is 13.8. The number of anilines is 1. The van der Waals surface area contributed by atoms with Crippen molar-refractivity contribution in [2.75, 3.05) is 11.9 Å². The molecule has 1 aliphatic rings. The lowest BCUT2D eigenvalue weighted by molar-refractivity contribution is 0.100. The van der Waals surface area contributed by atoms with Gasteiger partial charge in [0.2, 0.25) is 0 Å². The number of carbonyl (C=O) groups is 1. The number of hydrogen-bond acceptors (Lipinski definition) is 3. The second kappa shape index (κ2) is 6.06. The Morgan fingerprint density at radius 3 is 2.68 bits per heavy atom. The third kappa shape index (κ3) is 3.26. The highest BCUT2D eigenvalue weighted by atomic mass is 16.1. The number of nitrogens with one attached hydrogen (secondary N) is 1. The summed E-state index contributed by atoms with van der Waals surface area (Å²) in [6, 6.07) is 5.88. The van der Waals surface area contributed by atoms with Crippen molar-refractivity contribution in [3.63, 3.8) is 0 Å². The molecule has 1 aliphatic carbocycles. The summed E-state index contributed by atoms with van der Waals surface area (Å²) < 4.78 is 0. The maximum atomic E-state index is 11.5. The molecule has 4 nitrogen and oxygen atoms in total. The first-order valence-corrected chi connectivity index (χ1v) is 6.99. The molecule has 2 rings (SSSR count). The van der Waals surface area contributed by atoms with Gasteiger partial charge in [0.15, 0.2) is 0 Å². The minimum Gasteiger partial charge on any atom is -0.380 e. The van der Waals surface area contributed by atoms with E-state index in [4.69, 9.17) is 11.5 Å². The molecule has 19 heavy (non-hydrogen) atoms. The van der Waals surface area contributed by atoms with Gasteiger partial charge in [-0.15, -0.1) is 0 Å². The highest BCUT2D eigenvalue weighted by molar-refractivity contribution is 5.98. The maximum absolute atomic E-state index is 11.5. The summed E-state index contributed by atoms with van der Waals surface area (Å²) >= 11 is 0. The fourth-order valence-electron chi connectivity index (χ4n) is 2.92. The fraction of sp³-hybridized carbons (Fsp3) is 0.533. The molecule has 1 saturated carbocycles. The number of aryl methyl sites for hydroxylation is 1. The zero-order chi connectivity index (χ0) is 13.8. The Labute approximate surface area is 114 Å². The van der Waals surface area contributed by atoms with E-state index < -0.39 is 5.91 Å². The topological polar surface area (TPSA) is 81.1 Å². The van der Waals surface area contributed by atoms with E-state index in [9.17, 15) is 4.79 Å². The van der Waals surface area contributed by atoms with E-state index in [0.717, 1.165) is 11.3 Å². The van der Waals surface area contributed by atoms with Gasteiger partial charge in [0.1, 0.15) is 0 Å². The van der Waals surface area contributed by atoms with Crippen LogP contribution in [0.1, 0.15) is 41.6 Å². The number of amides is 1. The van der Waals surface area contributed by atoms with Crippen LogP contribution >= 0.6 is 0 Å². The minimum absolute atomic E-state index is 0.224. The molecule has 0 heterocycles. The van der Waals surface area contributed by atoms with E-state index in [0.29, 0.717) is 18.0 Å². The van der Waals surface area contributed by atoms with Crippen molar-refractivity contribution in [1.29, 1.82) is 0 Å². The maximum Gasteiger partial charge on any atom is 0.250 e. The summed E-state index contributed by atoms with van der Waals surface area (Å²) in [6.07, 6.45) is 4.98. The Balaban J connectivity index is 2.20. The van der Waals surface area contributed by atoms with E-state index in [1.807, 2.05) is 19.1 Å². The highest BCUT2D eigenvalue weighted by Crippen LogP contribution is 2.30. The smallest absolute Gasteiger partial charge is 0.250 e. The van der Waals surface area contributed by atoms with Crippen LogP contribution in [0.15, 0.2) is 18.2 Å². The molecular formula is C15H23N3O. The van der Waals surface area contributed by atoms with Crippen molar-refractivity contribution in [1.82, 2.24) is 0 Å². The van der Waals surface area contributed by atoms with Crippen molar-refractivity contribution in [2.24, 2.45) is 17.4 Å². The standard InChI is InChI=1S/C15H23N3O/c1-10-6-7-12(15(17)19)13(8-10)18-14(9-16)11-4-2-3-5-11/h6-8,11,14,18H,2-5,9,16H2,1H3,(H2,17,19). The fourth-order valence-corrected chi connectivity index (χ4v) is 2.92. The molecule has 1 aromatic rings. The Bertz CT molecular complexity index is 453. The molecule has 0 radical (unpaired) electrons. The summed E-state index contributed by atoms with van der Waals surface area (Å²) in [5.74, 6) is 0.205. The predicted octanol–water partition coefficient (Wildman–Crippen LogP) is 2.02. The van der Waals surface area contributed by atoms with Crippen LogP contribution < -0.4 is 16.8 Å². The third-order valence-corrected chi connectivity index (χ3v) is 4.00. The van der Waals surface area contributed by atoms with Crippen molar-refractivity contribution in [3.8, 4) is 0 Å². The monoisotopic (exact) mass is 261 g/mol. The van der Waals surface area contributed by atoms with Gasteiger partial charge < -0.3 is 16.8 Å². The normalized spacial score (nSPS) is 17.4. The third-order valence-electron chi connectivity index (χ3n) is 4.00. The van der Waals surface area contributed by atoms with Crippen molar-refractivity contribution >= 4 is 11.6 Å². The van der Waals surface area contributed by atoms with Crippen LogP contribution in [0.3, 0.4) is 0 Å². The number of nitrogens with two attached hydrogens (primary N) is 2. The first kappa shape index (κ1) is 13.9. The number of rotatable bonds is 5. The van der Waals surface area contributed by atoms with Crippen LogP contribution in [-0.2, 0) is 0 Å². The Hall–Kier alpha value is -1.55. The van der Waals surface area contributed by atoms with Gasteiger partial charge in [-0.05, 0) is 43.4 Å². The van der Waals surface area contributed by atoms with Crippen LogP contribution in [0.5, 0.6) is 0 Å². The summed E-state index contributed by atoms with van der Waals surface area (Å²) in [6.45, 7) is 2.58. The second-order valence-electron chi connectivity index (χ2n) is 5.44. The Morgan fingerprint density at radius 1 is 1.42 bits per heavy atom. The van der Waals surface area contributed by atoms with Gasteiger partial charge in [-0.1, -0.05) is 18.9 Å². The van der Waals surface area contributed by atoms with Gasteiger partial charge in [0.05, 0.1) is 5.56 Å². The Morgan fingerprint density at radius 2 is 2.11 bits per heavy atom. The molecule has 0 aromatic heterocycles. The average Bonchev–Trinajstić information content (AvgIpc) is 2.89. The first-order valence-electron chi connectivity index (χ1n) is 6.99. The molecular weight excluding hydrogens is 238 g/mol. The van der Waals surface area contributed by atoms with Gasteiger partial charge >= 0.3 is 0 Å². The second-order valence-corrected chi connectivity index (χ2v) is 5.44. The average molecular weight is 261 g/mol. The zero-order valence-corrected chi connectivity index (χ0v) is 11.5. The Kier molecular flexibility index (Phi) is 4.43. The minimum atomic E-state index is -0.398. The van der Waals surface area contributed by atoms with Crippen LogP contribution in [0.4, 0.5) is 5.69 Å². The number of primary amides is 1. The number of carbonyl (C=O) groups excluding carboxylic acids is 1. The molecule has 104 valence electrons. The lowest BCUT2D eigenvalue weighted by Crippen LogP contribution is -2.36. The first-order chi connectivity index (χ1) is 9.11. The van der Waals surface area contributed by atoms with E-state index >= 15 is 0 Å². The molecule has 4 heteroatoms. The molecule has 5 N–H and O–H groups in total. The van der Waals surface area contributed by atoms with Crippen LogP contribution in [0.25, 0.3) is 0 Å². The van der Waals surface area contributed by atoms with E-state index in [1.54, 1.807) is 6.07 Å². The molecule has 1 fully saturated rings. The SMILES string of the molecule is Cc1ccc(C(N)=O)c(NC(CN)C2CCCC2)c1. The zero-order valence-electron chi connectivity index (χ0n) is 11.5. The highest BCUT2D eigenvalue weighted by Gasteiger charge is 2.24. The summed E-state index contributed by atoms with van der Waals surface area (Å²) in [5, 5.41) is 3.44. The lowest BCUT2D eigenvalue weighted by atomic mass is 9.97. The largest absolute Gasteiger partial charge is 0.380 e. The van der Waals surface area contributed by atoms with Gasteiger partial charge in [-0.3, -0.25) is 4.79 Å². The lowest BCUT2D eigenvalue weighted by Gasteiger charge is -2.25. The molecule has 0 bridgehead atoms. The van der Waals surface area contributed by atoms with Crippen molar-refractivity contribution in [3.05, 3.63) is 29.3 Å². The summed E-state index contributed by atoms with van der Waals surface area (Å²) in [4.78, 5) is 11.5. The molecule has 0 saturated heterocycles. The number of hydrogen-bond donors (Lipinski definition) is 3. The molecule has 1 aromatic carbocycles. The van der Waals surface area contributed by atoms with E-state index in [2.05, 4.69) is 5.32 Å². The van der Waals surface area contributed by atoms with Crippen LogP contribution in [-0.4, -0.2) is 18.5 Å². The molecule has 0 spiro atoms.